The van der Waals surface area contributed by atoms with E-state index in [2.05, 4.69) is 10.1 Å². The second-order valence-corrected chi connectivity index (χ2v) is 8.77. The summed E-state index contributed by atoms with van der Waals surface area (Å²) in [7, 11) is 1.42. The highest BCUT2D eigenvalue weighted by molar-refractivity contribution is 6.34. The largest absolute Gasteiger partial charge is 0.494 e. The molecule has 34 heavy (non-hydrogen) atoms. The van der Waals surface area contributed by atoms with Crippen molar-refractivity contribution in [2.24, 2.45) is 0 Å². The maximum absolute atomic E-state index is 13.0. The number of aromatic nitrogens is 2. The average molecular weight is 483 g/mol. The van der Waals surface area contributed by atoms with E-state index in [1.165, 1.54) is 13.2 Å². The zero-order valence-corrected chi connectivity index (χ0v) is 19.1. The Labute approximate surface area is 200 Å². The number of nitrogens with zero attached hydrogens (tertiary/aromatic N) is 1. The lowest BCUT2D eigenvalue weighted by Crippen LogP contribution is -2.26. The highest BCUT2D eigenvalue weighted by Crippen LogP contribution is 2.38. The first kappa shape index (κ1) is 22.3. The SMILES string of the molecule is COc1cc(C(=O)c2c(O)[nH]c3cc(Cl)c(-c4ccc(OC5CCC(O)CC5)cc4)cc23)on1. The Balaban J connectivity index is 1.45. The molecule has 0 unspecified atom stereocenters. The topological polar surface area (TPSA) is 118 Å². The molecule has 0 amide bonds. The Hall–Kier alpha value is -3.49. The zero-order valence-electron chi connectivity index (χ0n) is 18.4. The quantitative estimate of drug-likeness (QED) is 0.327. The van der Waals surface area contributed by atoms with Crippen molar-refractivity contribution in [2.45, 2.75) is 37.9 Å². The van der Waals surface area contributed by atoms with E-state index in [1.807, 2.05) is 24.3 Å². The normalized spacial score (nSPS) is 18.2. The number of rotatable bonds is 6. The van der Waals surface area contributed by atoms with Gasteiger partial charge in [-0.05, 0) is 60.7 Å². The van der Waals surface area contributed by atoms with Gasteiger partial charge in [0.05, 0.1) is 41.5 Å². The number of aliphatic hydroxyl groups excluding tert-OH is 1. The molecule has 2 heterocycles. The van der Waals surface area contributed by atoms with Gasteiger partial charge < -0.3 is 29.2 Å². The lowest BCUT2D eigenvalue weighted by Gasteiger charge is -2.26. The Morgan fingerprint density at radius 1 is 1.15 bits per heavy atom. The van der Waals surface area contributed by atoms with Gasteiger partial charge in [-0.2, -0.15) is 0 Å². The van der Waals surface area contributed by atoms with Crippen molar-refractivity contribution in [1.29, 1.82) is 0 Å². The number of carbonyl (C=O) groups excluding carboxylic acids is 1. The van der Waals surface area contributed by atoms with Gasteiger partial charge in [0.1, 0.15) is 5.75 Å². The van der Waals surface area contributed by atoms with Gasteiger partial charge in [0.25, 0.3) is 5.88 Å². The van der Waals surface area contributed by atoms with Crippen LogP contribution >= 0.6 is 11.6 Å². The summed E-state index contributed by atoms with van der Waals surface area (Å²) >= 11 is 6.54. The Morgan fingerprint density at radius 2 is 1.88 bits per heavy atom. The third kappa shape index (κ3) is 4.22. The first-order chi connectivity index (χ1) is 16.4. The van der Waals surface area contributed by atoms with Crippen molar-refractivity contribution in [2.75, 3.05) is 7.11 Å². The second kappa shape index (κ2) is 9.04. The molecule has 8 nitrogen and oxygen atoms in total. The average Bonchev–Trinajstić information content (AvgIpc) is 3.44. The molecule has 0 spiro atoms. The highest BCUT2D eigenvalue weighted by atomic mass is 35.5. The molecule has 2 aromatic heterocycles. The van der Waals surface area contributed by atoms with Gasteiger partial charge in [-0.15, -0.1) is 0 Å². The van der Waals surface area contributed by atoms with Gasteiger partial charge in [-0.1, -0.05) is 23.7 Å². The smallest absolute Gasteiger partial charge is 0.254 e. The lowest BCUT2D eigenvalue weighted by molar-refractivity contribution is 0.0666. The minimum Gasteiger partial charge on any atom is -0.494 e. The molecule has 1 fully saturated rings. The van der Waals surface area contributed by atoms with E-state index in [4.69, 9.17) is 25.6 Å². The van der Waals surface area contributed by atoms with Crippen molar-refractivity contribution in [3.05, 3.63) is 58.8 Å². The number of halogens is 1. The number of nitrogens with one attached hydrogen (secondary N) is 1. The zero-order chi connectivity index (χ0) is 23.8. The van der Waals surface area contributed by atoms with Crippen LogP contribution in [0.3, 0.4) is 0 Å². The number of ketones is 1. The van der Waals surface area contributed by atoms with Crippen molar-refractivity contribution in [3.8, 4) is 28.6 Å². The number of aliphatic hydroxyl groups is 1. The maximum atomic E-state index is 13.0. The molecule has 9 heteroatoms. The van der Waals surface area contributed by atoms with Gasteiger partial charge in [0, 0.05) is 10.9 Å². The van der Waals surface area contributed by atoms with E-state index < -0.39 is 5.78 Å². The molecule has 0 radical (unpaired) electrons. The first-order valence-electron chi connectivity index (χ1n) is 11.0. The van der Waals surface area contributed by atoms with E-state index in [0.717, 1.165) is 37.0 Å². The number of methoxy groups -OCH3 is 1. The molecule has 3 N–H and O–H groups in total. The van der Waals surface area contributed by atoms with Crippen LogP contribution in [0, 0.1) is 0 Å². The summed E-state index contributed by atoms with van der Waals surface area (Å²) in [6, 6.07) is 12.3. The number of carbonyl (C=O) groups is 1. The number of ether oxygens (including phenoxy) is 2. The van der Waals surface area contributed by atoms with Crippen LogP contribution in [-0.4, -0.2) is 45.5 Å². The van der Waals surface area contributed by atoms with E-state index >= 15 is 0 Å². The van der Waals surface area contributed by atoms with Crippen molar-refractivity contribution in [3.63, 3.8) is 0 Å². The van der Waals surface area contributed by atoms with Gasteiger partial charge in [-0.25, -0.2) is 0 Å². The summed E-state index contributed by atoms with van der Waals surface area (Å²) in [5.74, 6) is 0.0373. The number of H-pyrrole nitrogens is 1. The van der Waals surface area contributed by atoms with E-state index in [-0.39, 0.29) is 35.3 Å². The molecule has 0 atom stereocenters. The van der Waals surface area contributed by atoms with Crippen molar-refractivity contribution < 1.29 is 29.0 Å². The molecule has 2 aromatic carbocycles. The number of aromatic hydroxyl groups is 1. The fourth-order valence-corrected chi connectivity index (χ4v) is 4.58. The van der Waals surface area contributed by atoms with E-state index in [1.54, 1.807) is 12.1 Å². The molecule has 0 aliphatic heterocycles. The van der Waals surface area contributed by atoms with Gasteiger partial charge >= 0.3 is 0 Å². The van der Waals surface area contributed by atoms with Crippen LogP contribution < -0.4 is 9.47 Å². The van der Waals surface area contributed by atoms with Crippen LogP contribution in [0.4, 0.5) is 0 Å². The Kier molecular flexibility index (Phi) is 5.93. The molecule has 4 aromatic rings. The van der Waals surface area contributed by atoms with Crippen LogP contribution in [0.1, 0.15) is 41.8 Å². The number of hydrogen-bond donors (Lipinski definition) is 3. The minimum absolute atomic E-state index is 0.0544. The second-order valence-electron chi connectivity index (χ2n) is 8.36. The highest BCUT2D eigenvalue weighted by Gasteiger charge is 2.25. The Bertz CT molecular complexity index is 1340. The van der Waals surface area contributed by atoms with E-state index in [9.17, 15) is 15.0 Å². The molecule has 176 valence electrons. The molecule has 1 aliphatic carbocycles. The molecule has 5 rings (SSSR count). The minimum atomic E-state index is -0.533. The summed E-state index contributed by atoms with van der Waals surface area (Å²) in [6.45, 7) is 0. The number of fused-ring (bicyclic) bond motifs is 1. The fourth-order valence-electron chi connectivity index (χ4n) is 4.31. The van der Waals surface area contributed by atoms with Crippen LogP contribution in [0.15, 0.2) is 47.0 Å². The maximum Gasteiger partial charge on any atom is 0.254 e. The molecule has 0 saturated heterocycles. The summed E-state index contributed by atoms with van der Waals surface area (Å²) in [5.41, 5.74) is 2.11. The lowest BCUT2D eigenvalue weighted by atomic mass is 9.95. The van der Waals surface area contributed by atoms with Gasteiger partial charge in [0.15, 0.2) is 0 Å². The molecule has 0 bridgehead atoms. The summed E-state index contributed by atoms with van der Waals surface area (Å²) < 4.78 is 16.1. The standard InChI is InChI=1S/C25H23ClN2O6/c1-32-22-12-21(34-28-22)24(30)23-18-10-17(19(26)11-20(18)27-25(23)31)13-2-6-15(7-3-13)33-16-8-4-14(29)5-9-16/h2-3,6-7,10-12,14,16,27,29,31H,4-5,8-9H2,1H3. The summed E-state index contributed by atoms with van der Waals surface area (Å²) in [6.07, 6.45) is 3.04. The Morgan fingerprint density at radius 3 is 2.56 bits per heavy atom. The van der Waals surface area contributed by atoms with Crippen LogP contribution in [-0.2, 0) is 0 Å². The molecular formula is C25H23ClN2O6. The van der Waals surface area contributed by atoms with Crippen molar-refractivity contribution in [1.82, 2.24) is 10.1 Å². The van der Waals surface area contributed by atoms with Crippen molar-refractivity contribution >= 4 is 28.3 Å². The number of benzene rings is 2. The number of aromatic amines is 1. The monoisotopic (exact) mass is 482 g/mol. The predicted octanol–water partition coefficient (Wildman–Crippen LogP) is 5.10. The van der Waals surface area contributed by atoms with Crippen LogP contribution in [0.2, 0.25) is 5.02 Å². The van der Waals surface area contributed by atoms with Crippen LogP contribution in [0.25, 0.3) is 22.0 Å². The third-order valence-corrected chi connectivity index (χ3v) is 6.44. The van der Waals surface area contributed by atoms with E-state index in [0.29, 0.717) is 21.5 Å². The van der Waals surface area contributed by atoms with Gasteiger partial charge in [0.2, 0.25) is 17.4 Å². The predicted molar refractivity (Wildman–Crippen MR) is 126 cm³/mol. The molecule has 1 aliphatic rings. The molecule has 1 saturated carbocycles. The summed E-state index contributed by atoms with van der Waals surface area (Å²) in [5, 5.41) is 24.7. The fraction of sp³-hybridized carbons (Fsp3) is 0.280. The van der Waals surface area contributed by atoms with Gasteiger partial charge in [-0.3, -0.25) is 4.79 Å². The molecular weight excluding hydrogens is 460 g/mol. The third-order valence-electron chi connectivity index (χ3n) is 6.13. The first-order valence-corrected chi connectivity index (χ1v) is 11.4. The number of hydrogen-bond acceptors (Lipinski definition) is 7. The van der Waals surface area contributed by atoms with Crippen LogP contribution in [0.5, 0.6) is 17.5 Å². The summed E-state index contributed by atoms with van der Waals surface area (Å²) in [4.78, 5) is 15.8.